The van der Waals surface area contributed by atoms with Gasteiger partial charge in [0.2, 0.25) is 0 Å². The van der Waals surface area contributed by atoms with Crippen molar-refractivity contribution in [3.8, 4) is 0 Å². The molecular weight excluding hydrogens is 238 g/mol. The summed E-state index contributed by atoms with van der Waals surface area (Å²) >= 11 is 0. The Kier molecular flexibility index (Phi) is 4.42. The highest BCUT2D eigenvalue weighted by Gasteiger charge is 2.23. The zero-order valence-corrected chi connectivity index (χ0v) is 12.5. The number of pyridine rings is 1. The molecule has 1 atom stereocenters. The van der Waals surface area contributed by atoms with E-state index >= 15 is 0 Å². The van der Waals surface area contributed by atoms with E-state index in [-0.39, 0.29) is 6.61 Å². The van der Waals surface area contributed by atoms with E-state index < -0.39 is 0 Å². The molecule has 1 aliphatic heterocycles. The smallest absolute Gasteiger partial charge is 0.134 e. The Hall–Kier alpha value is -1.13. The van der Waals surface area contributed by atoms with Gasteiger partial charge in [-0.05, 0) is 51.9 Å². The van der Waals surface area contributed by atoms with Crippen molar-refractivity contribution in [2.24, 2.45) is 0 Å². The van der Waals surface area contributed by atoms with Crippen molar-refractivity contribution in [1.82, 2.24) is 9.88 Å². The van der Waals surface area contributed by atoms with Crippen LogP contribution in [-0.4, -0.2) is 48.2 Å². The molecule has 0 radical (unpaired) electrons. The first-order chi connectivity index (χ1) is 9.02. The van der Waals surface area contributed by atoms with Crippen molar-refractivity contribution in [1.29, 1.82) is 0 Å². The van der Waals surface area contributed by atoms with E-state index in [4.69, 9.17) is 0 Å². The molecule has 0 saturated carbocycles. The molecule has 0 spiro atoms. The van der Waals surface area contributed by atoms with E-state index in [0.717, 1.165) is 29.2 Å². The molecule has 2 heterocycles. The van der Waals surface area contributed by atoms with Crippen LogP contribution in [0.3, 0.4) is 0 Å². The third kappa shape index (κ3) is 3.07. The Morgan fingerprint density at radius 2 is 2.21 bits per heavy atom. The van der Waals surface area contributed by atoms with E-state index in [9.17, 15) is 5.11 Å². The number of rotatable bonds is 4. The Morgan fingerprint density at radius 3 is 2.79 bits per heavy atom. The average Bonchev–Trinajstić information content (AvgIpc) is 2.74. The second kappa shape index (κ2) is 5.88. The van der Waals surface area contributed by atoms with E-state index in [1.165, 1.54) is 19.4 Å². The maximum absolute atomic E-state index is 9.57. The molecule has 106 valence electrons. The van der Waals surface area contributed by atoms with E-state index in [1.807, 2.05) is 19.9 Å². The summed E-state index contributed by atoms with van der Waals surface area (Å²) in [5.74, 6) is 0.931. The van der Waals surface area contributed by atoms with E-state index in [1.54, 1.807) is 0 Å². The SMILES string of the molecule is Cc1cc(C)c(CO)c(N(C)CC2CCCN2C)n1. The summed E-state index contributed by atoms with van der Waals surface area (Å²) in [6.07, 6.45) is 2.53. The van der Waals surface area contributed by atoms with Gasteiger partial charge in [-0.15, -0.1) is 0 Å². The Bertz CT molecular complexity index is 447. The predicted octanol–water partition coefficient (Wildman–Crippen LogP) is 1.72. The van der Waals surface area contributed by atoms with Crippen LogP contribution in [0.25, 0.3) is 0 Å². The van der Waals surface area contributed by atoms with Gasteiger partial charge in [-0.2, -0.15) is 0 Å². The number of nitrogens with zero attached hydrogens (tertiary/aromatic N) is 3. The summed E-state index contributed by atoms with van der Waals surface area (Å²) in [7, 11) is 4.26. The van der Waals surface area contributed by atoms with Crippen LogP contribution >= 0.6 is 0 Å². The van der Waals surface area contributed by atoms with Crippen LogP contribution in [0, 0.1) is 13.8 Å². The van der Waals surface area contributed by atoms with Gasteiger partial charge in [-0.25, -0.2) is 4.98 Å². The highest BCUT2D eigenvalue weighted by Crippen LogP contribution is 2.24. The second-order valence-electron chi connectivity index (χ2n) is 5.70. The minimum Gasteiger partial charge on any atom is -0.392 e. The lowest BCUT2D eigenvalue weighted by atomic mass is 10.1. The van der Waals surface area contributed by atoms with Crippen molar-refractivity contribution >= 4 is 5.82 Å². The lowest BCUT2D eigenvalue weighted by Gasteiger charge is -2.28. The average molecular weight is 263 g/mol. The maximum Gasteiger partial charge on any atom is 0.134 e. The molecule has 1 fully saturated rings. The lowest BCUT2D eigenvalue weighted by Crippen LogP contribution is -2.37. The highest BCUT2D eigenvalue weighted by molar-refractivity contribution is 5.51. The van der Waals surface area contributed by atoms with Crippen molar-refractivity contribution < 1.29 is 5.11 Å². The van der Waals surface area contributed by atoms with Crippen LogP contribution in [0.1, 0.15) is 29.7 Å². The first-order valence-electron chi connectivity index (χ1n) is 7.02. The van der Waals surface area contributed by atoms with Crippen LogP contribution in [0.15, 0.2) is 6.07 Å². The van der Waals surface area contributed by atoms with Gasteiger partial charge in [0.05, 0.1) is 6.61 Å². The molecule has 0 aliphatic carbocycles. The van der Waals surface area contributed by atoms with Crippen LogP contribution < -0.4 is 4.90 Å². The van der Waals surface area contributed by atoms with Gasteiger partial charge in [-0.1, -0.05) is 0 Å². The number of aliphatic hydroxyl groups excluding tert-OH is 1. The summed E-state index contributed by atoms with van der Waals surface area (Å²) in [5.41, 5.74) is 3.08. The quantitative estimate of drug-likeness (QED) is 0.898. The molecule has 1 aromatic rings. The standard InChI is InChI=1S/C15H25N3O/c1-11-8-12(2)16-15(14(11)10-19)18(4)9-13-6-5-7-17(13)3/h8,13,19H,5-7,9-10H2,1-4H3. The molecule has 0 aromatic carbocycles. The number of aromatic nitrogens is 1. The van der Waals surface area contributed by atoms with Gasteiger partial charge in [0.15, 0.2) is 0 Å². The van der Waals surface area contributed by atoms with Crippen molar-refractivity contribution in [3.05, 3.63) is 22.9 Å². The molecule has 19 heavy (non-hydrogen) atoms. The fourth-order valence-corrected chi connectivity index (χ4v) is 2.97. The van der Waals surface area contributed by atoms with E-state index in [2.05, 4.69) is 28.9 Å². The van der Waals surface area contributed by atoms with Crippen LogP contribution in [0.5, 0.6) is 0 Å². The van der Waals surface area contributed by atoms with Crippen LogP contribution in [-0.2, 0) is 6.61 Å². The van der Waals surface area contributed by atoms with Gasteiger partial charge in [0, 0.05) is 30.9 Å². The van der Waals surface area contributed by atoms with Crippen LogP contribution in [0.2, 0.25) is 0 Å². The number of hydrogen-bond donors (Lipinski definition) is 1. The second-order valence-corrected chi connectivity index (χ2v) is 5.70. The summed E-state index contributed by atoms with van der Waals surface area (Å²) in [6.45, 7) is 6.26. The Balaban J connectivity index is 2.20. The Labute approximate surface area is 116 Å². The van der Waals surface area contributed by atoms with Crippen molar-refractivity contribution in [2.45, 2.75) is 39.3 Å². The molecule has 4 heteroatoms. The summed E-state index contributed by atoms with van der Waals surface area (Å²) in [5, 5.41) is 9.57. The minimum absolute atomic E-state index is 0.0549. The van der Waals surface area contributed by atoms with Gasteiger partial charge in [0.25, 0.3) is 0 Å². The molecule has 1 unspecified atom stereocenters. The van der Waals surface area contributed by atoms with Crippen LogP contribution in [0.4, 0.5) is 5.82 Å². The molecular formula is C15H25N3O. The zero-order chi connectivity index (χ0) is 14.0. The first-order valence-corrected chi connectivity index (χ1v) is 7.02. The van der Waals surface area contributed by atoms with Gasteiger partial charge >= 0.3 is 0 Å². The lowest BCUT2D eigenvalue weighted by molar-refractivity contribution is 0.280. The predicted molar refractivity (Wildman–Crippen MR) is 78.6 cm³/mol. The van der Waals surface area contributed by atoms with E-state index in [0.29, 0.717) is 6.04 Å². The van der Waals surface area contributed by atoms with Gasteiger partial charge < -0.3 is 14.9 Å². The third-order valence-corrected chi connectivity index (χ3v) is 4.13. The maximum atomic E-state index is 9.57. The molecule has 1 aliphatic rings. The molecule has 2 rings (SSSR count). The summed E-state index contributed by atoms with van der Waals surface area (Å²) < 4.78 is 0. The summed E-state index contributed by atoms with van der Waals surface area (Å²) in [6, 6.07) is 2.63. The van der Waals surface area contributed by atoms with Crippen molar-refractivity contribution in [3.63, 3.8) is 0 Å². The Morgan fingerprint density at radius 1 is 1.47 bits per heavy atom. The number of likely N-dealkylation sites (N-methyl/N-ethyl adjacent to an activating group) is 2. The third-order valence-electron chi connectivity index (χ3n) is 4.13. The fraction of sp³-hybridized carbons (Fsp3) is 0.667. The van der Waals surface area contributed by atoms with Gasteiger partial charge in [-0.3, -0.25) is 0 Å². The number of hydrogen-bond acceptors (Lipinski definition) is 4. The molecule has 0 bridgehead atoms. The topological polar surface area (TPSA) is 39.6 Å². The summed E-state index contributed by atoms with van der Waals surface area (Å²) in [4.78, 5) is 9.23. The molecule has 1 aromatic heterocycles. The van der Waals surface area contributed by atoms with Gasteiger partial charge in [0.1, 0.15) is 5.82 Å². The number of aliphatic hydroxyl groups is 1. The van der Waals surface area contributed by atoms with Crippen molar-refractivity contribution in [2.75, 3.05) is 32.1 Å². The molecule has 4 nitrogen and oxygen atoms in total. The first kappa shape index (κ1) is 14.3. The number of aryl methyl sites for hydroxylation is 2. The molecule has 1 saturated heterocycles. The highest BCUT2D eigenvalue weighted by atomic mass is 16.3. The number of anilines is 1. The zero-order valence-electron chi connectivity index (χ0n) is 12.5. The normalized spacial score (nSPS) is 19.9. The minimum atomic E-state index is 0.0549. The monoisotopic (exact) mass is 263 g/mol. The number of likely N-dealkylation sites (tertiary alicyclic amines) is 1. The molecule has 0 amide bonds. The fourth-order valence-electron chi connectivity index (χ4n) is 2.97. The molecule has 1 N–H and O–H groups in total. The largest absolute Gasteiger partial charge is 0.392 e.